The molecule has 0 saturated carbocycles. The normalized spacial score (nSPS) is 19.3. The summed E-state index contributed by atoms with van der Waals surface area (Å²) in [4.78, 5) is 43.1. The fourth-order valence-corrected chi connectivity index (χ4v) is 4.33. The topological polar surface area (TPSA) is 98.8 Å². The highest BCUT2D eigenvalue weighted by molar-refractivity contribution is 5.95. The highest BCUT2D eigenvalue weighted by Gasteiger charge is 2.32. The van der Waals surface area contributed by atoms with Crippen molar-refractivity contribution in [3.05, 3.63) is 53.3 Å². The van der Waals surface area contributed by atoms with Crippen molar-refractivity contribution in [3.8, 4) is 0 Å². The molecule has 2 aliphatic rings. The molecule has 3 amide bonds. The smallest absolute Gasteiger partial charge is 0.274 e. The molecule has 3 heterocycles. The first kappa shape index (κ1) is 23.0. The lowest BCUT2D eigenvalue weighted by Crippen LogP contribution is -2.40. The van der Waals surface area contributed by atoms with Crippen molar-refractivity contribution in [2.45, 2.75) is 38.9 Å². The van der Waals surface area contributed by atoms with Crippen molar-refractivity contribution < 1.29 is 19.1 Å². The predicted octanol–water partition coefficient (Wildman–Crippen LogP) is 1.60. The lowest BCUT2D eigenvalue weighted by Gasteiger charge is -2.25. The molecular weight excluding hydrogens is 422 g/mol. The minimum Gasteiger partial charge on any atom is -0.370 e. The molecule has 0 radical (unpaired) electrons. The number of hydrogen-bond donors (Lipinski definition) is 1. The lowest BCUT2D eigenvalue weighted by atomic mass is 10.2. The van der Waals surface area contributed by atoms with Crippen molar-refractivity contribution in [3.63, 3.8) is 0 Å². The average Bonchev–Trinajstić information content (AvgIpc) is 3.39. The predicted molar refractivity (Wildman–Crippen MR) is 121 cm³/mol. The van der Waals surface area contributed by atoms with Gasteiger partial charge in [0.2, 0.25) is 11.8 Å². The number of ether oxygens (including phenoxy) is 1. The Hall–Kier alpha value is -3.20. The van der Waals surface area contributed by atoms with Crippen molar-refractivity contribution >= 4 is 17.7 Å². The molecule has 1 aromatic carbocycles. The summed E-state index contributed by atoms with van der Waals surface area (Å²) in [5, 5.41) is 6.85. The Balaban J connectivity index is 1.43. The maximum atomic E-state index is 13.0. The number of aromatic nitrogens is 2. The van der Waals surface area contributed by atoms with Gasteiger partial charge in [-0.1, -0.05) is 30.3 Å². The second-order valence-electron chi connectivity index (χ2n) is 8.72. The molecule has 2 fully saturated rings. The molecule has 4 rings (SSSR count). The third-order valence-corrected chi connectivity index (χ3v) is 6.10. The number of benzene rings is 1. The summed E-state index contributed by atoms with van der Waals surface area (Å²) in [7, 11) is 0. The zero-order valence-electron chi connectivity index (χ0n) is 19.0. The molecule has 9 nitrogen and oxygen atoms in total. The van der Waals surface area contributed by atoms with Crippen LogP contribution in [0.5, 0.6) is 0 Å². The van der Waals surface area contributed by atoms with Gasteiger partial charge in [-0.05, 0) is 31.4 Å². The Morgan fingerprint density at radius 2 is 1.91 bits per heavy atom. The number of carbonyl (C=O) groups excluding carboxylic acids is 3. The van der Waals surface area contributed by atoms with Crippen molar-refractivity contribution in [2.75, 3.05) is 39.3 Å². The van der Waals surface area contributed by atoms with Crippen LogP contribution in [0.2, 0.25) is 0 Å². The molecule has 1 aromatic heterocycles. The van der Waals surface area contributed by atoms with Gasteiger partial charge in [-0.25, -0.2) is 0 Å². The van der Waals surface area contributed by atoms with Crippen molar-refractivity contribution in [1.29, 1.82) is 0 Å². The summed E-state index contributed by atoms with van der Waals surface area (Å²) in [6.07, 6.45) is 1.90. The van der Waals surface area contributed by atoms with Gasteiger partial charge in [0.25, 0.3) is 5.91 Å². The van der Waals surface area contributed by atoms with E-state index in [1.165, 1.54) is 4.90 Å². The van der Waals surface area contributed by atoms with Crippen molar-refractivity contribution in [2.24, 2.45) is 0 Å². The first-order valence-corrected chi connectivity index (χ1v) is 11.5. The molecule has 0 spiro atoms. The minimum atomic E-state index is -0.325. The van der Waals surface area contributed by atoms with Crippen LogP contribution in [0, 0.1) is 6.92 Å². The lowest BCUT2D eigenvalue weighted by molar-refractivity contribution is -0.131. The van der Waals surface area contributed by atoms with Gasteiger partial charge < -0.3 is 19.4 Å². The summed E-state index contributed by atoms with van der Waals surface area (Å²) >= 11 is 0. The van der Waals surface area contributed by atoms with Gasteiger partial charge in [-0.15, -0.1) is 0 Å². The molecule has 2 aliphatic heterocycles. The van der Waals surface area contributed by atoms with Crippen LogP contribution in [-0.4, -0.2) is 88.0 Å². The van der Waals surface area contributed by atoms with E-state index in [0.29, 0.717) is 51.3 Å². The molecule has 2 aromatic rings. The standard InChI is InChI=1S/C24H31N5O4/c1-18-13-21(26-25-18)24(32)29-15-20(33-17-19-7-3-2-4-8-19)14-28(23(31)16-29)12-6-11-27-10-5-9-22(27)30/h2-4,7-8,13,20H,5-6,9-12,14-17H2,1H3,(H,25,26)/t20-/m1/s1. The maximum absolute atomic E-state index is 13.0. The Labute approximate surface area is 193 Å². The first-order chi connectivity index (χ1) is 16.0. The summed E-state index contributed by atoms with van der Waals surface area (Å²) in [5.74, 6) is -0.216. The molecule has 0 bridgehead atoms. The fourth-order valence-electron chi connectivity index (χ4n) is 4.33. The number of rotatable bonds is 8. The maximum Gasteiger partial charge on any atom is 0.274 e. The van der Waals surface area contributed by atoms with Crippen LogP contribution < -0.4 is 0 Å². The number of nitrogens with zero attached hydrogens (tertiary/aromatic N) is 4. The second-order valence-corrected chi connectivity index (χ2v) is 8.72. The van der Waals surface area contributed by atoms with Crippen LogP contribution in [0.3, 0.4) is 0 Å². The zero-order chi connectivity index (χ0) is 23.2. The minimum absolute atomic E-state index is 0.0153. The van der Waals surface area contributed by atoms with Gasteiger partial charge >= 0.3 is 0 Å². The van der Waals surface area contributed by atoms with E-state index >= 15 is 0 Å². The summed E-state index contributed by atoms with van der Waals surface area (Å²) in [6, 6.07) is 11.5. The number of amides is 3. The molecule has 0 unspecified atom stereocenters. The fraction of sp³-hybridized carbons (Fsp3) is 0.500. The number of likely N-dealkylation sites (tertiary alicyclic amines) is 1. The van der Waals surface area contributed by atoms with Crippen LogP contribution in [0.4, 0.5) is 0 Å². The molecule has 9 heteroatoms. The summed E-state index contributed by atoms with van der Waals surface area (Å²) < 4.78 is 6.17. The average molecular weight is 454 g/mol. The first-order valence-electron chi connectivity index (χ1n) is 11.5. The Kier molecular flexibility index (Phi) is 7.39. The number of aromatic amines is 1. The van der Waals surface area contributed by atoms with Crippen LogP contribution in [0.25, 0.3) is 0 Å². The number of H-pyrrole nitrogens is 1. The van der Waals surface area contributed by atoms with Crippen LogP contribution >= 0.6 is 0 Å². The van der Waals surface area contributed by atoms with Gasteiger partial charge in [0.05, 0.1) is 12.7 Å². The molecule has 33 heavy (non-hydrogen) atoms. The largest absolute Gasteiger partial charge is 0.370 e. The van der Waals surface area contributed by atoms with E-state index in [-0.39, 0.29) is 30.4 Å². The highest BCUT2D eigenvalue weighted by Crippen LogP contribution is 2.15. The molecule has 1 atom stereocenters. The van der Waals surface area contributed by atoms with Crippen LogP contribution in [0.1, 0.15) is 41.0 Å². The molecule has 1 N–H and O–H groups in total. The Bertz CT molecular complexity index is 976. The molecule has 176 valence electrons. The third kappa shape index (κ3) is 5.98. The quantitative estimate of drug-likeness (QED) is 0.655. The van der Waals surface area contributed by atoms with Gasteiger partial charge in [0, 0.05) is 44.8 Å². The van der Waals surface area contributed by atoms with Crippen molar-refractivity contribution in [1.82, 2.24) is 24.9 Å². The molecule has 2 saturated heterocycles. The van der Waals surface area contributed by atoms with Gasteiger partial charge in [0.15, 0.2) is 0 Å². The number of hydrogen-bond acceptors (Lipinski definition) is 5. The molecule has 0 aliphatic carbocycles. The SMILES string of the molecule is Cc1cc(C(=O)N2CC(=O)N(CCCN3CCCC3=O)C[C@@H](OCc3ccccc3)C2)n[nH]1. The monoisotopic (exact) mass is 453 g/mol. The summed E-state index contributed by atoms with van der Waals surface area (Å²) in [6.45, 7) is 4.90. The second kappa shape index (κ2) is 10.6. The number of nitrogens with one attached hydrogen (secondary N) is 1. The number of aryl methyl sites for hydroxylation is 1. The van der Waals surface area contributed by atoms with E-state index in [2.05, 4.69) is 10.2 Å². The van der Waals surface area contributed by atoms with Gasteiger partial charge in [-0.3, -0.25) is 19.5 Å². The van der Waals surface area contributed by atoms with E-state index < -0.39 is 0 Å². The number of carbonyl (C=O) groups is 3. The summed E-state index contributed by atoms with van der Waals surface area (Å²) in [5.41, 5.74) is 2.12. The Morgan fingerprint density at radius 1 is 1.12 bits per heavy atom. The Morgan fingerprint density at radius 3 is 2.61 bits per heavy atom. The third-order valence-electron chi connectivity index (χ3n) is 6.10. The van der Waals surface area contributed by atoms with Gasteiger partial charge in [0.1, 0.15) is 12.2 Å². The highest BCUT2D eigenvalue weighted by atomic mass is 16.5. The van der Waals surface area contributed by atoms with E-state index in [4.69, 9.17) is 4.74 Å². The molecular formula is C24H31N5O4. The van der Waals surface area contributed by atoms with E-state index in [1.54, 1.807) is 11.0 Å². The van der Waals surface area contributed by atoms with E-state index in [0.717, 1.165) is 24.2 Å². The van der Waals surface area contributed by atoms with E-state index in [1.807, 2.05) is 42.2 Å². The zero-order valence-corrected chi connectivity index (χ0v) is 19.0. The van der Waals surface area contributed by atoms with Crippen LogP contribution in [0.15, 0.2) is 36.4 Å². The van der Waals surface area contributed by atoms with Crippen LogP contribution in [-0.2, 0) is 20.9 Å². The van der Waals surface area contributed by atoms with Gasteiger partial charge in [-0.2, -0.15) is 5.10 Å². The van der Waals surface area contributed by atoms with E-state index in [9.17, 15) is 14.4 Å².